The third kappa shape index (κ3) is 3.48. The van der Waals surface area contributed by atoms with Crippen molar-refractivity contribution in [3.63, 3.8) is 0 Å². The molecule has 0 aromatic carbocycles. The molecule has 0 aliphatic rings. The summed E-state index contributed by atoms with van der Waals surface area (Å²) in [5.74, 6) is 0.613. The Morgan fingerprint density at radius 1 is 1.37 bits per heavy atom. The van der Waals surface area contributed by atoms with Crippen LogP contribution in [0.5, 0.6) is 0 Å². The van der Waals surface area contributed by atoms with Crippen molar-refractivity contribution >= 4 is 15.8 Å². The van der Waals surface area contributed by atoms with E-state index in [4.69, 9.17) is 0 Å². The highest BCUT2D eigenvalue weighted by atomic mass is 32.2. The molecule has 0 aliphatic heterocycles. The van der Waals surface area contributed by atoms with Crippen LogP contribution >= 0.6 is 0 Å². The van der Waals surface area contributed by atoms with Crippen molar-refractivity contribution in [2.45, 2.75) is 11.4 Å². The number of sulfonamides is 1. The summed E-state index contributed by atoms with van der Waals surface area (Å²) in [5.41, 5.74) is 0. The second kappa shape index (κ2) is 5.76. The topological polar surface area (TPSA) is 102 Å². The van der Waals surface area contributed by atoms with Gasteiger partial charge >= 0.3 is 0 Å². The van der Waals surface area contributed by atoms with Crippen molar-refractivity contribution in [2.24, 2.45) is 0 Å². The quantitative estimate of drug-likeness (QED) is 0.754. The summed E-state index contributed by atoms with van der Waals surface area (Å²) >= 11 is 0. The van der Waals surface area contributed by atoms with Crippen LogP contribution in [0.2, 0.25) is 0 Å². The highest BCUT2D eigenvalue weighted by molar-refractivity contribution is 7.89. The van der Waals surface area contributed by atoms with Crippen LogP contribution in [0, 0.1) is 0 Å². The van der Waals surface area contributed by atoms with Crippen LogP contribution < -0.4 is 10.0 Å². The monoisotopic (exact) mass is 282 g/mol. The van der Waals surface area contributed by atoms with Crippen molar-refractivity contribution in [2.75, 3.05) is 18.9 Å². The zero-order chi connectivity index (χ0) is 13.7. The van der Waals surface area contributed by atoms with Crippen LogP contribution in [-0.2, 0) is 16.6 Å². The summed E-state index contributed by atoms with van der Waals surface area (Å²) in [4.78, 5) is 4.09. The lowest BCUT2D eigenvalue weighted by Gasteiger charge is -2.07. The lowest BCUT2D eigenvalue weighted by Crippen LogP contribution is -2.27. The Morgan fingerprint density at radius 3 is 2.79 bits per heavy atom. The molecule has 2 heterocycles. The van der Waals surface area contributed by atoms with E-state index in [1.165, 1.54) is 18.5 Å². The molecule has 0 radical (unpaired) electrons. The summed E-state index contributed by atoms with van der Waals surface area (Å²) in [5, 5.41) is 10.2. The molecule has 0 spiro atoms. The highest BCUT2D eigenvalue weighted by Gasteiger charge is 2.13. The Balaban J connectivity index is 1.97. The number of aromatic nitrogens is 4. The van der Waals surface area contributed by atoms with Gasteiger partial charge in [0.1, 0.15) is 10.7 Å². The minimum atomic E-state index is -3.54. The maximum atomic E-state index is 11.9. The zero-order valence-corrected chi connectivity index (χ0v) is 11.1. The summed E-state index contributed by atoms with van der Waals surface area (Å²) in [6, 6.07) is 3.10. The number of nitrogens with one attached hydrogen (secondary N) is 2. The van der Waals surface area contributed by atoms with Crippen molar-refractivity contribution in [1.29, 1.82) is 0 Å². The predicted molar refractivity (Wildman–Crippen MR) is 69.0 cm³/mol. The normalized spacial score (nSPS) is 11.4. The van der Waals surface area contributed by atoms with Crippen molar-refractivity contribution < 1.29 is 8.42 Å². The third-order valence-electron chi connectivity index (χ3n) is 2.41. The molecule has 19 heavy (non-hydrogen) atoms. The fraction of sp³-hybridized carbons (Fsp3) is 0.300. The van der Waals surface area contributed by atoms with Gasteiger partial charge in [0.2, 0.25) is 10.0 Å². The molecule has 2 aromatic heterocycles. The lowest BCUT2D eigenvalue weighted by atomic mass is 10.5. The first kappa shape index (κ1) is 13.4. The van der Waals surface area contributed by atoms with Crippen molar-refractivity contribution in [1.82, 2.24) is 24.7 Å². The van der Waals surface area contributed by atoms with Crippen LogP contribution in [0.1, 0.15) is 0 Å². The number of anilines is 1. The number of pyridine rings is 1. The van der Waals surface area contributed by atoms with E-state index < -0.39 is 10.0 Å². The smallest absolute Gasteiger partial charge is 0.242 e. The summed E-state index contributed by atoms with van der Waals surface area (Å²) in [6.45, 7) is 0.654. The average Bonchev–Trinajstić information content (AvgIpc) is 2.92. The Bertz CT molecular complexity index is 608. The molecular weight excluding hydrogens is 268 g/mol. The summed E-state index contributed by atoms with van der Waals surface area (Å²) < 4.78 is 27.9. The van der Waals surface area contributed by atoms with Gasteiger partial charge in [-0.3, -0.25) is 4.68 Å². The van der Waals surface area contributed by atoms with Gasteiger partial charge in [0, 0.05) is 26.0 Å². The Labute approximate surface area is 110 Å². The fourth-order valence-electron chi connectivity index (χ4n) is 1.42. The van der Waals surface area contributed by atoms with Gasteiger partial charge in [0.15, 0.2) is 0 Å². The van der Waals surface area contributed by atoms with Crippen LogP contribution in [0.4, 0.5) is 5.82 Å². The van der Waals surface area contributed by atoms with E-state index in [1.807, 2.05) is 0 Å². The van der Waals surface area contributed by atoms with Gasteiger partial charge < -0.3 is 5.32 Å². The van der Waals surface area contributed by atoms with E-state index in [1.54, 1.807) is 24.0 Å². The Kier molecular flexibility index (Phi) is 4.07. The zero-order valence-electron chi connectivity index (χ0n) is 10.3. The standard InChI is InChI=1S/C10H14N6O2S/c1-11-10-3-2-9(8-12-10)19(17,18)14-5-7-16-6-4-13-15-16/h2-4,6,8,14H,5,7H2,1H3,(H,11,12). The fourth-order valence-corrected chi connectivity index (χ4v) is 2.38. The Morgan fingerprint density at radius 2 is 2.21 bits per heavy atom. The number of hydrogen-bond donors (Lipinski definition) is 2. The van der Waals surface area contributed by atoms with Gasteiger partial charge in [-0.05, 0) is 12.1 Å². The molecule has 2 N–H and O–H groups in total. The molecule has 2 aromatic rings. The second-order valence-electron chi connectivity index (χ2n) is 3.69. The molecule has 2 rings (SSSR count). The number of hydrogen-bond acceptors (Lipinski definition) is 6. The van der Waals surface area contributed by atoms with Gasteiger partial charge in [0.05, 0.1) is 12.7 Å². The number of rotatable bonds is 6. The van der Waals surface area contributed by atoms with Gasteiger partial charge in [-0.25, -0.2) is 18.1 Å². The first-order valence-electron chi connectivity index (χ1n) is 5.59. The lowest BCUT2D eigenvalue weighted by molar-refractivity contribution is 0.552. The molecule has 9 heteroatoms. The third-order valence-corrected chi connectivity index (χ3v) is 3.85. The molecular formula is C10H14N6O2S. The van der Waals surface area contributed by atoms with E-state index in [-0.39, 0.29) is 11.4 Å². The van der Waals surface area contributed by atoms with Gasteiger partial charge in [0.25, 0.3) is 0 Å². The number of nitrogens with zero attached hydrogens (tertiary/aromatic N) is 4. The Hall–Kier alpha value is -2.00. The largest absolute Gasteiger partial charge is 0.373 e. The molecule has 0 amide bonds. The van der Waals surface area contributed by atoms with E-state index in [2.05, 4.69) is 25.3 Å². The summed E-state index contributed by atoms with van der Waals surface area (Å²) in [7, 11) is -1.83. The van der Waals surface area contributed by atoms with Crippen LogP contribution in [0.15, 0.2) is 35.6 Å². The summed E-state index contributed by atoms with van der Waals surface area (Å²) in [6.07, 6.45) is 4.51. The SMILES string of the molecule is CNc1ccc(S(=O)(=O)NCCn2ccnn2)cn1. The molecule has 0 unspecified atom stereocenters. The van der Waals surface area contributed by atoms with Crippen molar-refractivity contribution in [3.05, 3.63) is 30.7 Å². The first-order chi connectivity index (χ1) is 9.12. The van der Waals surface area contributed by atoms with Gasteiger partial charge in [-0.15, -0.1) is 5.10 Å². The van der Waals surface area contributed by atoms with Crippen LogP contribution in [0.3, 0.4) is 0 Å². The van der Waals surface area contributed by atoms with Crippen LogP contribution in [0.25, 0.3) is 0 Å². The van der Waals surface area contributed by atoms with Crippen molar-refractivity contribution in [3.8, 4) is 0 Å². The molecule has 0 saturated carbocycles. The van der Waals surface area contributed by atoms with E-state index in [9.17, 15) is 8.42 Å². The minimum absolute atomic E-state index is 0.130. The maximum absolute atomic E-state index is 11.9. The second-order valence-corrected chi connectivity index (χ2v) is 5.46. The minimum Gasteiger partial charge on any atom is -0.373 e. The molecule has 0 bridgehead atoms. The van der Waals surface area contributed by atoms with Gasteiger partial charge in [-0.1, -0.05) is 5.21 Å². The maximum Gasteiger partial charge on any atom is 0.242 e. The molecule has 0 fully saturated rings. The predicted octanol–water partition coefficient (Wildman–Crippen LogP) is -0.307. The van der Waals surface area contributed by atoms with E-state index in [0.717, 1.165) is 0 Å². The average molecular weight is 282 g/mol. The first-order valence-corrected chi connectivity index (χ1v) is 7.08. The molecule has 0 saturated heterocycles. The molecule has 102 valence electrons. The van der Waals surface area contributed by atoms with Gasteiger partial charge in [-0.2, -0.15) is 0 Å². The molecule has 8 nitrogen and oxygen atoms in total. The molecule has 0 atom stereocenters. The molecule has 0 aliphatic carbocycles. The highest BCUT2D eigenvalue weighted by Crippen LogP contribution is 2.09. The van der Waals surface area contributed by atoms with Crippen LogP contribution in [-0.4, -0.2) is 42.0 Å². The van der Waals surface area contributed by atoms with E-state index in [0.29, 0.717) is 12.4 Å². The van der Waals surface area contributed by atoms with E-state index >= 15 is 0 Å².